The van der Waals surface area contributed by atoms with Gasteiger partial charge in [0.25, 0.3) is 5.56 Å². The molecule has 4 rings (SSSR count). The number of aromatic nitrogens is 2. The number of hydrogen-bond acceptors (Lipinski definition) is 3. The summed E-state index contributed by atoms with van der Waals surface area (Å²) >= 11 is 0. The van der Waals surface area contributed by atoms with Crippen LogP contribution in [0.2, 0.25) is 0 Å². The molecule has 4 aromatic rings. The van der Waals surface area contributed by atoms with Gasteiger partial charge in [-0.2, -0.15) is 0 Å². The van der Waals surface area contributed by atoms with Crippen LogP contribution in [0.15, 0.2) is 77.6 Å². The number of anilines is 2. The van der Waals surface area contributed by atoms with Crippen LogP contribution in [0.5, 0.6) is 5.75 Å². The normalized spacial score (nSPS) is 10.7. The number of rotatable bonds is 5. The van der Waals surface area contributed by atoms with Crippen LogP contribution in [-0.2, 0) is 0 Å². The molecule has 0 saturated heterocycles. The molecule has 0 unspecified atom stereocenters. The summed E-state index contributed by atoms with van der Waals surface area (Å²) in [6.45, 7) is 5.71. The molecule has 0 radical (unpaired) electrons. The molecule has 7 heteroatoms. The van der Waals surface area contributed by atoms with Gasteiger partial charge in [0.2, 0.25) is 0 Å². The minimum absolute atomic E-state index is 0.205. The highest BCUT2D eigenvalue weighted by Gasteiger charge is 2.21. The van der Waals surface area contributed by atoms with Gasteiger partial charge in [-0.3, -0.25) is 4.79 Å². The van der Waals surface area contributed by atoms with E-state index in [1.54, 1.807) is 23.9 Å². The van der Waals surface area contributed by atoms with E-state index >= 15 is 0 Å². The van der Waals surface area contributed by atoms with E-state index in [1.165, 1.54) is 0 Å². The Morgan fingerprint density at radius 2 is 1.55 bits per heavy atom. The molecule has 1 aromatic heterocycles. The molecule has 0 atom stereocenters. The Bertz CT molecular complexity index is 1370. The van der Waals surface area contributed by atoms with Crippen molar-refractivity contribution in [2.45, 2.75) is 20.8 Å². The largest absolute Gasteiger partial charge is 0.496 e. The number of ether oxygens (including phenoxy) is 1. The first-order valence-corrected chi connectivity index (χ1v) is 10.6. The standard InChI is InChI=1S/C26H26N4O3/c1-17-9-8-12-22(15-17)30-25(31)24(19(3)29(30)21-10-6-5-7-11-21)28-26(32)27-20-14-13-18(2)23(16-20)33-4/h5-16H,1-4H3,(H2,27,28,32). The number of methoxy groups -OCH3 is 1. The molecule has 7 nitrogen and oxygen atoms in total. The van der Waals surface area contributed by atoms with E-state index in [-0.39, 0.29) is 11.2 Å². The molecule has 2 N–H and O–H groups in total. The van der Waals surface area contributed by atoms with Crippen molar-refractivity contribution >= 4 is 17.4 Å². The fourth-order valence-electron chi connectivity index (χ4n) is 3.80. The highest BCUT2D eigenvalue weighted by Crippen LogP contribution is 2.23. The molecule has 1 heterocycles. The van der Waals surface area contributed by atoms with E-state index in [0.29, 0.717) is 22.8 Å². The summed E-state index contributed by atoms with van der Waals surface area (Å²) in [5, 5.41) is 5.53. The smallest absolute Gasteiger partial charge is 0.323 e. The maximum Gasteiger partial charge on any atom is 0.323 e. The minimum Gasteiger partial charge on any atom is -0.496 e. The first kappa shape index (κ1) is 22.0. The van der Waals surface area contributed by atoms with E-state index in [0.717, 1.165) is 16.8 Å². The Labute approximate surface area is 192 Å². The number of benzene rings is 3. The summed E-state index contributed by atoms with van der Waals surface area (Å²) in [5.41, 5.74) is 4.57. The molecule has 0 aliphatic rings. The minimum atomic E-state index is -0.511. The second-order valence-electron chi connectivity index (χ2n) is 7.83. The molecule has 33 heavy (non-hydrogen) atoms. The third-order valence-electron chi connectivity index (χ3n) is 5.44. The van der Waals surface area contributed by atoms with Gasteiger partial charge in [-0.15, -0.1) is 0 Å². The fraction of sp³-hybridized carbons (Fsp3) is 0.154. The van der Waals surface area contributed by atoms with Crippen molar-refractivity contribution in [1.29, 1.82) is 0 Å². The van der Waals surface area contributed by atoms with Crippen LogP contribution in [0.4, 0.5) is 16.2 Å². The third kappa shape index (κ3) is 4.39. The van der Waals surface area contributed by atoms with Crippen molar-refractivity contribution in [2.75, 3.05) is 17.7 Å². The van der Waals surface area contributed by atoms with Crippen LogP contribution in [0.1, 0.15) is 16.8 Å². The number of carbonyl (C=O) groups is 1. The molecule has 0 aliphatic carbocycles. The van der Waals surface area contributed by atoms with Gasteiger partial charge >= 0.3 is 6.03 Å². The molecule has 0 bridgehead atoms. The SMILES string of the molecule is COc1cc(NC(=O)Nc2c(C)n(-c3ccccc3)n(-c3cccc(C)c3)c2=O)ccc1C. The van der Waals surface area contributed by atoms with Crippen LogP contribution in [0, 0.1) is 20.8 Å². The molecule has 0 spiro atoms. The Hall–Kier alpha value is -4.26. The van der Waals surface area contributed by atoms with Crippen LogP contribution in [-0.4, -0.2) is 22.5 Å². The Morgan fingerprint density at radius 3 is 2.24 bits per heavy atom. The first-order chi connectivity index (χ1) is 15.9. The maximum atomic E-state index is 13.5. The number of amides is 2. The third-order valence-corrected chi connectivity index (χ3v) is 5.44. The number of para-hydroxylation sites is 1. The summed E-state index contributed by atoms with van der Waals surface area (Å²) in [6, 6.07) is 22.1. The van der Waals surface area contributed by atoms with Crippen molar-refractivity contribution in [2.24, 2.45) is 0 Å². The van der Waals surface area contributed by atoms with Gasteiger partial charge in [-0.05, 0) is 62.2 Å². The zero-order valence-electron chi connectivity index (χ0n) is 19.0. The van der Waals surface area contributed by atoms with E-state index in [1.807, 2.05) is 86.1 Å². The van der Waals surface area contributed by atoms with Crippen LogP contribution in [0.3, 0.4) is 0 Å². The van der Waals surface area contributed by atoms with E-state index in [4.69, 9.17) is 4.74 Å². The lowest BCUT2D eigenvalue weighted by Gasteiger charge is -2.14. The van der Waals surface area contributed by atoms with Gasteiger partial charge in [0.05, 0.1) is 24.2 Å². The Morgan fingerprint density at radius 1 is 0.818 bits per heavy atom. The lowest BCUT2D eigenvalue weighted by Crippen LogP contribution is -2.25. The van der Waals surface area contributed by atoms with Crippen molar-refractivity contribution < 1.29 is 9.53 Å². The van der Waals surface area contributed by atoms with E-state index in [9.17, 15) is 9.59 Å². The van der Waals surface area contributed by atoms with Gasteiger partial charge in [-0.1, -0.05) is 36.4 Å². The van der Waals surface area contributed by atoms with Crippen molar-refractivity contribution in [3.05, 3.63) is 100.0 Å². The summed E-state index contributed by atoms with van der Waals surface area (Å²) in [4.78, 5) is 26.3. The molecular formula is C26H26N4O3. The molecular weight excluding hydrogens is 416 g/mol. The van der Waals surface area contributed by atoms with Gasteiger partial charge in [0.1, 0.15) is 11.4 Å². The number of carbonyl (C=O) groups excluding carboxylic acids is 1. The first-order valence-electron chi connectivity index (χ1n) is 10.6. The van der Waals surface area contributed by atoms with Crippen LogP contribution >= 0.6 is 0 Å². The number of aryl methyl sites for hydroxylation is 2. The summed E-state index contributed by atoms with van der Waals surface area (Å²) in [7, 11) is 1.58. The van der Waals surface area contributed by atoms with E-state index < -0.39 is 6.03 Å². The predicted octanol–water partition coefficient (Wildman–Crippen LogP) is 5.21. The maximum absolute atomic E-state index is 13.5. The van der Waals surface area contributed by atoms with Crippen molar-refractivity contribution in [1.82, 2.24) is 9.36 Å². The lowest BCUT2D eigenvalue weighted by atomic mass is 10.2. The average Bonchev–Trinajstić information content (AvgIpc) is 3.05. The molecule has 0 saturated carbocycles. The highest BCUT2D eigenvalue weighted by atomic mass is 16.5. The summed E-state index contributed by atoms with van der Waals surface area (Å²) in [6.07, 6.45) is 0. The van der Waals surface area contributed by atoms with Gasteiger partial charge in [-0.25, -0.2) is 14.2 Å². The lowest BCUT2D eigenvalue weighted by molar-refractivity contribution is 0.262. The van der Waals surface area contributed by atoms with Crippen molar-refractivity contribution in [3.63, 3.8) is 0 Å². The predicted molar refractivity (Wildman–Crippen MR) is 131 cm³/mol. The second-order valence-corrected chi connectivity index (χ2v) is 7.83. The van der Waals surface area contributed by atoms with Crippen LogP contribution < -0.4 is 20.9 Å². The monoisotopic (exact) mass is 442 g/mol. The number of urea groups is 1. The summed E-state index contributed by atoms with van der Waals surface area (Å²) < 4.78 is 8.70. The zero-order chi connectivity index (χ0) is 23.5. The summed E-state index contributed by atoms with van der Waals surface area (Å²) in [5.74, 6) is 0.668. The Kier molecular flexibility index (Phi) is 6.04. The second kappa shape index (κ2) is 9.08. The molecule has 3 aromatic carbocycles. The van der Waals surface area contributed by atoms with Gasteiger partial charge in [0, 0.05) is 11.8 Å². The quantitative estimate of drug-likeness (QED) is 0.446. The Balaban J connectivity index is 1.75. The topological polar surface area (TPSA) is 77.3 Å². The van der Waals surface area contributed by atoms with Gasteiger partial charge in [0.15, 0.2) is 0 Å². The number of hydrogen-bond donors (Lipinski definition) is 2. The molecule has 2 amide bonds. The fourth-order valence-corrected chi connectivity index (χ4v) is 3.80. The average molecular weight is 443 g/mol. The molecule has 0 fully saturated rings. The van der Waals surface area contributed by atoms with Crippen molar-refractivity contribution in [3.8, 4) is 17.1 Å². The number of nitrogens with zero attached hydrogens (tertiary/aromatic N) is 2. The van der Waals surface area contributed by atoms with Crippen LogP contribution in [0.25, 0.3) is 11.4 Å². The van der Waals surface area contributed by atoms with Gasteiger partial charge < -0.3 is 15.4 Å². The molecule has 0 aliphatic heterocycles. The highest BCUT2D eigenvalue weighted by molar-refractivity contribution is 6.00. The van der Waals surface area contributed by atoms with E-state index in [2.05, 4.69) is 10.6 Å². The number of nitrogens with one attached hydrogen (secondary N) is 2. The molecule has 168 valence electrons. The zero-order valence-corrected chi connectivity index (χ0v) is 19.0.